The van der Waals surface area contributed by atoms with Gasteiger partial charge in [-0.05, 0) is 50.2 Å². The third-order valence-corrected chi connectivity index (χ3v) is 6.02. The number of aromatic nitrogens is 5. The van der Waals surface area contributed by atoms with Gasteiger partial charge in [-0.3, -0.25) is 9.78 Å². The lowest BCUT2D eigenvalue weighted by atomic mass is 10.1. The number of rotatable bonds is 5. The average Bonchev–Trinajstić information content (AvgIpc) is 3.29. The molecule has 0 aliphatic carbocycles. The van der Waals surface area contributed by atoms with Crippen molar-refractivity contribution in [3.05, 3.63) is 83.3 Å². The highest BCUT2D eigenvalue weighted by molar-refractivity contribution is 6.09. The molecule has 9 nitrogen and oxygen atoms in total. The minimum absolute atomic E-state index is 0.0781. The first-order valence-corrected chi connectivity index (χ1v) is 11.2. The van der Waals surface area contributed by atoms with E-state index in [1.165, 1.54) is 11.0 Å². The predicted molar refractivity (Wildman–Crippen MR) is 128 cm³/mol. The van der Waals surface area contributed by atoms with Crippen molar-refractivity contribution in [1.82, 2.24) is 30.0 Å². The Kier molecular flexibility index (Phi) is 5.94. The number of carbonyl (C=O) groups excluding carboxylic acids is 1. The standard InChI is InChI=1S/C25H20F3N7O2/c1-13-20-21(37-34-13)18-10-15(4-7-19(18)33-22(20)29)24(36)35(14(2)23-30-8-3-9-31-23)12-17-6-5-16(11-32-17)25(26,27)28/h3-11,14H,12H2,1-2H3,(H2,29,33)/t14-/m0/s1. The summed E-state index contributed by atoms with van der Waals surface area (Å²) in [4.78, 5) is 32.1. The molecule has 0 unspecified atom stereocenters. The van der Waals surface area contributed by atoms with Gasteiger partial charge in [-0.1, -0.05) is 5.16 Å². The number of hydrogen-bond acceptors (Lipinski definition) is 8. The molecule has 4 heterocycles. The number of hydrogen-bond donors (Lipinski definition) is 1. The van der Waals surface area contributed by atoms with E-state index in [2.05, 4.69) is 25.1 Å². The second kappa shape index (κ2) is 9.12. The number of carbonyl (C=O) groups is 1. The van der Waals surface area contributed by atoms with E-state index in [0.717, 1.165) is 12.3 Å². The third-order valence-electron chi connectivity index (χ3n) is 6.02. The fourth-order valence-electron chi connectivity index (χ4n) is 4.07. The van der Waals surface area contributed by atoms with Crippen LogP contribution in [0, 0.1) is 6.92 Å². The lowest BCUT2D eigenvalue weighted by Crippen LogP contribution is -2.34. The van der Waals surface area contributed by atoms with Crippen molar-refractivity contribution in [3.8, 4) is 0 Å². The van der Waals surface area contributed by atoms with E-state index in [1.807, 2.05) is 0 Å². The quantitative estimate of drug-likeness (QED) is 0.357. The van der Waals surface area contributed by atoms with Gasteiger partial charge in [-0.15, -0.1) is 0 Å². The third kappa shape index (κ3) is 4.53. The Morgan fingerprint density at radius 2 is 1.89 bits per heavy atom. The van der Waals surface area contributed by atoms with Crippen LogP contribution in [0.5, 0.6) is 0 Å². The largest absolute Gasteiger partial charge is 0.417 e. The Morgan fingerprint density at radius 3 is 2.57 bits per heavy atom. The maximum absolute atomic E-state index is 13.8. The first kappa shape index (κ1) is 24.1. The van der Waals surface area contributed by atoms with E-state index in [-0.39, 0.29) is 18.1 Å². The lowest BCUT2D eigenvalue weighted by Gasteiger charge is -2.28. The normalized spacial score (nSPS) is 12.7. The Morgan fingerprint density at radius 1 is 1.14 bits per heavy atom. The van der Waals surface area contributed by atoms with Crippen molar-refractivity contribution in [2.24, 2.45) is 0 Å². The molecule has 0 spiro atoms. The second-order valence-electron chi connectivity index (χ2n) is 8.45. The Hall–Kier alpha value is -4.61. The van der Waals surface area contributed by atoms with Crippen LogP contribution >= 0.6 is 0 Å². The van der Waals surface area contributed by atoms with E-state index >= 15 is 0 Å². The molecule has 0 aliphatic rings. The van der Waals surface area contributed by atoms with Crippen molar-refractivity contribution in [2.75, 3.05) is 5.73 Å². The zero-order valence-corrected chi connectivity index (χ0v) is 19.7. The van der Waals surface area contributed by atoms with Crippen LogP contribution in [0.1, 0.15) is 46.1 Å². The summed E-state index contributed by atoms with van der Waals surface area (Å²) in [5, 5.41) is 5.08. The Bertz CT molecular complexity index is 1600. The summed E-state index contributed by atoms with van der Waals surface area (Å²) < 4.78 is 44.5. The van der Waals surface area contributed by atoms with Crippen molar-refractivity contribution in [3.63, 3.8) is 0 Å². The molecule has 188 valence electrons. The van der Waals surface area contributed by atoms with Gasteiger partial charge < -0.3 is 15.2 Å². The predicted octanol–water partition coefficient (Wildman–Crippen LogP) is 4.87. The summed E-state index contributed by atoms with van der Waals surface area (Å²) in [7, 11) is 0. The van der Waals surface area contributed by atoms with Crippen LogP contribution in [0.2, 0.25) is 0 Å². The fourth-order valence-corrected chi connectivity index (χ4v) is 4.07. The van der Waals surface area contributed by atoms with Gasteiger partial charge in [0.1, 0.15) is 11.6 Å². The lowest BCUT2D eigenvalue weighted by molar-refractivity contribution is -0.137. The van der Waals surface area contributed by atoms with E-state index in [1.54, 1.807) is 50.5 Å². The van der Waals surface area contributed by atoms with Crippen LogP contribution in [0.4, 0.5) is 19.0 Å². The molecule has 5 aromatic rings. The fraction of sp³-hybridized carbons (Fsp3) is 0.200. The molecular weight excluding hydrogens is 487 g/mol. The van der Waals surface area contributed by atoms with E-state index in [9.17, 15) is 18.0 Å². The minimum Gasteiger partial charge on any atom is -0.383 e. The van der Waals surface area contributed by atoms with E-state index in [4.69, 9.17) is 10.3 Å². The topological polar surface area (TPSA) is 124 Å². The molecule has 0 saturated carbocycles. The van der Waals surface area contributed by atoms with Gasteiger partial charge in [-0.25, -0.2) is 15.0 Å². The SMILES string of the molecule is Cc1noc2c1c(N)nc1ccc(C(=O)N(Cc3ccc(C(F)(F)F)cn3)[C@@H](C)c3ncccn3)cc12. The van der Waals surface area contributed by atoms with Gasteiger partial charge in [0.2, 0.25) is 0 Å². The van der Waals surface area contributed by atoms with Crippen molar-refractivity contribution < 1.29 is 22.5 Å². The summed E-state index contributed by atoms with van der Waals surface area (Å²) in [6.45, 7) is 3.40. The number of nitrogens with two attached hydrogens (primary N) is 1. The number of fused-ring (bicyclic) bond motifs is 3. The molecule has 0 saturated heterocycles. The second-order valence-corrected chi connectivity index (χ2v) is 8.45. The number of halogens is 3. The van der Waals surface area contributed by atoms with Crippen LogP contribution in [0.15, 0.2) is 59.5 Å². The van der Waals surface area contributed by atoms with Gasteiger partial charge >= 0.3 is 6.18 Å². The molecule has 37 heavy (non-hydrogen) atoms. The van der Waals surface area contributed by atoms with E-state index in [0.29, 0.717) is 39.0 Å². The number of pyridine rings is 2. The molecule has 5 rings (SSSR count). The molecule has 0 bridgehead atoms. The van der Waals surface area contributed by atoms with Crippen molar-refractivity contribution in [2.45, 2.75) is 32.6 Å². The smallest absolute Gasteiger partial charge is 0.383 e. The van der Waals surface area contributed by atoms with Crippen molar-refractivity contribution in [1.29, 1.82) is 0 Å². The number of anilines is 1. The highest BCUT2D eigenvalue weighted by Gasteiger charge is 2.31. The highest BCUT2D eigenvalue weighted by atomic mass is 19.4. The summed E-state index contributed by atoms with van der Waals surface area (Å²) in [6, 6.07) is 8.08. The molecule has 0 aliphatic heterocycles. The maximum Gasteiger partial charge on any atom is 0.417 e. The average molecular weight is 507 g/mol. The van der Waals surface area contributed by atoms with Crippen LogP contribution < -0.4 is 5.73 Å². The number of amides is 1. The zero-order valence-electron chi connectivity index (χ0n) is 19.7. The number of alkyl halides is 3. The maximum atomic E-state index is 13.8. The van der Waals surface area contributed by atoms with E-state index < -0.39 is 23.7 Å². The molecule has 2 N–H and O–H groups in total. The van der Waals surface area contributed by atoms with Gasteiger partial charge in [0, 0.05) is 29.5 Å². The molecule has 1 atom stereocenters. The number of nitrogens with zero attached hydrogens (tertiary/aromatic N) is 6. The molecule has 1 aromatic carbocycles. The highest BCUT2D eigenvalue weighted by Crippen LogP contribution is 2.32. The van der Waals surface area contributed by atoms with Gasteiger partial charge in [0.15, 0.2) is 5.58 Å². The van der Waals surface area contributed by atoms with Crippen LogP contribution in [0.25, 0.3) is 21.9 Å². The molecule has 1 amide bonds. The number of aryl methyl sites for hydroxylation is 1. The van der Waals surface area contributed by atoms with Crippen LogP contribution in [0.3, 0.4) is 0 Å². The van der Waals surface area contributed by atoms with Crippen LogP contribution in [-0.4, -0.2) is 35.9 Å². The zero-order chi connectivity index (χ0) is 26.3. The van der Waals surface area contributed by atoms with Gasteiger partial charge in [-0.2, -0.15) is 13.2 Å². The molecule has 0 radical (unpaired) electrons. The van der Waals surface area contributed by atoms with Gasteiger partial charge in [0.25, 0.3) is 5.91 Å². The summed E-state index contributed by atoms with van der Waals surface area (Å²) >= 11 is 0. The summed E-state index contributed by atoms with van der Waals surface area (Å²) in [5.74, 6) is 0.223. The molecule has 12 heteroatoms. The first-order chi connectivity index (χ1) is 17.6. The Balaban J connectivity index is 1.56. The molecule has 0 fully saturated rings. The molecule has 4 aromatic heterocycles. The Labute approximate surface area is 208 Å². The molecular formula is C25H20F3N7O2. The summed E-state index contributed by atoms with van der Waals surface area (Å²) in [5.41, 5.74) is 7.26. The number of benzene rings is 1. The first-order valence-electron chi connectivity index (χ1n) is 11.2. The summed E-state index contributed by atoms with van der Waals surface area (Å²) in [6.07, 6.45) is -0.671. The van der Waals surface area contributed by atoms with Crippen LogP contribution in [-0.2, 0) is 12.7 Å². The van der Waals surface area contributed by atoms with Gasteiger partial charge in [0.05, 0.1) is 40.4 Å². The minimum atomic E-state index is -4.51. The number of nitrogen functional groups attached to an aromatic ring is 1. The monoisotopic (exact) mass is 507 g/mol. The van der Waals surface area contributed by atoms with Crippen molar-refractivity contribution >= 4 is 33.6 Å².